The van der Waals surface area contributed by atoms with Crippen LogP contribution < -0.4 is 10.1 Å². The zero-order chi connectivity index (χ0) is 15.0. The summed E-state index contributed by atoms with van der Waals surface area (Å²) in [6.45, 7) is 2.04. The smallest absolute Gasteiger partial charge is 0.248 e. The van der Waals surface area contributed by atoms with E-state index in [1.54, 1.807) is 35.9 Å². The SMILES string of the molecule is COc1ccccc1NC(=O)C1CSC2(C)CCC(=O)N12. The number of carbonyl (C=O) groups excluding carboxylic acids is 2. The van der Waals surface area contributed by atoms with Gasteiger partial charge >= 0.3 is 0 Å². The van der Waals surface area contributed by atoms with Crippen LogP contribution in [0.15, 0.2) is 24.3 Å². The van der Waals surface area contributed by atoms with Crippen LogP contribution in [-0.4, -0.2) is 40.5 Å². The molecule has 0 aromatic heterocycles. The standard InChI is InChI=1S/C15H18N2O3S/c1-15-8-7-13(18)17(15)11(9-21-15)14(19)16-10-5-3-4-6-12(10)20-2/h3-6,11H,7-9H2,1-2H3,(H,16,19). The van der Waals surface area contributed by atoms with Gasteiger partial charge in [0.25, 0.3) is 0 Å². The number of benzene rings is 1. The Kier molecular flexibility index (Phi) is 3.57. The molecule has 6 heteroatoms. The van der Waals surface area contributed by atoms with Gasteiger partial charge in [-0.2, -0.15) is 0 Å². The van der Waals surface area contributed by atoms with Crippen LogP contribution in [-0.2, 0) is 9.59 Å². The van der Waals surface area contributed by atoms with Gasteiger partial charge in [-0.3, -0.25) is 9.59 Å². The molecule has 2 atom stereocenters. The molecule has 5 nitrogen and oxygen atoms in total. The fourth-order valence-electron chi connectivity index (χ4n) is 2.98. The molecular weight excluding hydrogens is 288 g/mol. The second-order valence-corrected chi connectivity index (χ2v) is 6.96. The molecule has 0 aliphatic carbocycles. The molecule has 0 saturated carbocycles. The minimum Gasteiger partial charge on any atom is -0.495 e. The van der Waals surface area contributed by atoms with E-state index in [1.807, 2.05) is 19.1 Å². The molecule has 0 bridgehead atoms. The lowest BCUT2D eigenvalue weighted by molar-refractivity contribution is -0.135. The average molecular weight is 306 g/mol. The van der Waals surface area contributed by atoms with Gasteiger partial charge in [-0.05, 0) is 25.5 Å². The maximum atomic E-state index is 12.5. The average Bonchev–Trinajstić information content (AvgIpc) is 2.97. The minimum absolute atomic E-state index is 0.0719. The van der Waals surface area contributed by atoms with E-state index in [1.165, 1.54) is 0 Å². The van der Waals surface area contributed by atoms with Crippen LogP contribution >= 0.6 is 11.8 Å². The van der Waals surface area contributed by atoms with Gasteiger partial charge < -0.3 is 15.0 Å². The van der Waals surface area contributed by atoms with Gasteiger partial charge in [0.15, 0.2) is 0 Å². The van der Waals surface area contributed by atoms with Crippen molar-refractivity contribution < 1.29 is 14.3 Å². The Bertz CT molecular complexity index is 592. The molecule has 0 radical (unpaired) electrons. The van der Waals surface area contributed by atoms with Crippen LogP contribution in [0.1, 0.15) is 19.8 Å². The van der Waals surface area contributed by atoms with E-state index < -0.39 is 6.04 Å². The number of hydrogen-bond acceptors (Lipinski definition) is 4. The molecule has 2 unspecified atom stereocenters. The molecule has 112 valence electrons. The Morgan fingerprint density at radius 1 is 1.48 bits per heavy atom. The first-order valence-corrected chi connectivity index (χ1v) is 7.94. The van der Waals surface area contributed by atoms with E-state index in [2.05, 4.69) is 5.32 Å². The summed E-state index contributed by atoms with van der Waals surface area (Å²) < 4.78 is 5.24. The number of anilines is 1. The number of nitrogens with zero attached hydrogens (tertiary/aromatic N) is 1. The topological polar surface area (TPSA) is 58.6 Å². The van der Waals surface area contributed by atoms with Crippen molar-refractivity contribution in [2.45, 2.75) is 30.7 Å². The van der Waals surface area contributed by atoms with Gasteiger partial charge in [0.2, 0.25) is 11.8 Å². The molecule has 1 aromatic carbocycles. The van der Waals surface area contributed by atoms with Gasteiger partial charge in [0, 0.05) is 12.2 Å². The van der Waals surface area contributed by atoms with Crippen molar-refractivity contribution >= 4 is 29.3 Å². The summed E-state index contributed by atoms with van der Waals surface area (Å²) in [6.07, 6.45) is 1.34. The second-order valence-electron chi connectivity index (χ2n) is 5.46. The first kappa shape index (κ1) is 14.3. The third-order valence-electron chi connectivity index (χ3n) is 4.11. The maximum absolute atomic E-state index is 12.5. The molecular formula is C15H18N2O3S. The summed E-state index contributed by atoms with van der Waals surface area (Å²) >= 11 is 1.69. The first-order valence-electron chi connectivity index (χ1n) is 6.95. The fourth-order valence-corrected chi connectivity index (χ4v) is 4.41. The zero-order valence-corrected chi connectivity index (χ0v) is 12.9. The van der Waals surface area contributed by atoms with Crippen LogP contribution in [0.5, 0.6) is 5.75 Å². The van der Waals surface area contributed by atoms with E-state index in [-0.39, 0.29) is 16.7 Å². The molecule has 0 spiro atoms. The Morgan fingerprint density at radius 3 is 3.00 bits per heavy atom. The van der Waals surface area contributed by atoms with Crippen LogP contribution in [0.4, 0.5) is 5.69 Å². The molecule has 2 saturated heterocycles. The van der Waals surface area contributed by atoms with Crippen molar-refractivity contribution in [3.8, 4) is 5.75 Å². The summed E-state index contributed by atoms with van der Waals surface area (Å²) in [6, 6.07) is 6.88. The quantitative estimate of drug-likeness (QED) is 0.929. The number of rotatable bonds is 3. The molecule has 2 fully saturated rings. The number of hydrogen-bond donors (Lipinski definition) is 1. The Morgan fingerprint density at radius 2 is 2.24 bits per heavy atom. The largest absolute Gasteiger partial charge is 0.495 e. The Labute approximate surface area is 128 Å². The lowest BCUT2D eigenvalue weighted by Crippen LogP contribution is -2.48. The van der Waals surface area contributed by atoms with E-state index >= 15 is 0 Å². The van der Waals surface area contributed by atoms with Crippen LogP contribution in [0.3, 0.4) is 0 Å². The highest BCUT2D eigenvalue weighted by molar-refractivity contribution is 8.01. The van der Waals surface area contributed by atoms with Gasteiger partial charge in [-0.25, -0.2) is 0 Å². The number of methoxy groups -OCH3 is 1. The number of amides is 2. The van der Waals surface area contributed by atoms with Gasteiger partial charge in [0.05, 0.1) is 17.7 Å². The van der Waals surface area contributed by atoms with E-state index in [4.69, 9.17) is 4.74 Å². The van der Waals surface area contributed by atoms with E-state index in [0.717, 1.165) is 6.42 Å². The van der Waals surface area contributed by atoms with E-state index in [0.29, 0.717) is 23.6 Å². The molecule has 3 rings (SSSR count). The number of para-hydroxylation sites is 2. The number of nitrogens with one attached hydrogen (secondary N) is 1. The molecule has 2 aliphatic rings. The molecule has 2 heterocycles. The lowest BCUT2D eigenvalue weighted by atomic mass is 10.2. The highest BCUT2D eigenvalue weighted by Crippen LogP contribution is 2.47. The number of fused-ring (bicyclic) bond motifs is 1. The molecule has 1 N–H and O–H groups in total. The molecule has 2 aliphatic heterocycles. The van der Waals surface area contributed by atoms with Crippen molar-refractivity contribution in [3.05, 3.63) is 24.3 Å². The first-order chi connectivity index (χ1) is 10.0. The minimum atomic E-state index is -0.403. The van der Waals surface area contributed by atoms with Crippen LogP contribution in [0, 0.1) is 0 Å². The molecule has 2 amide bonds. The highest BCUT2D eigenvalue weighted by atomic mass is 32.2. The van der Waals surface area contributed by atoms with Gasteiger partial charge in [-0.1, -0.05) is 12.1 Å². The lowest BCUT2D eigenvalue weighted by Gasteiger charge is -2.29. The van der Waals surface area contributed by atoms with Crippen molar-refractivity contribution in [1.82, 2.24) is 4.90 Å². The van der Waals surface area contributed by atoms with Crippen molar-refractivity contribution in [2.24, 2.45) is 0 Å². The van der Waals surface area contributed by atoms with Gasteiger partial charge in [0.1, 0.15) is 11.8 Å². The summed E-state index contributed by atoms with van der Waals surface area (Å²) in [5.74, 6) is 1.18. The normalized spacial score (nSPS) is 27.6. The van der Waals surface area contributed by atoms with Crippen LogP contribution in [0.2, 0.25) is 0 Å². The van der Waals surface area contributed by atoms with Crippen LogP contribution in [0.25, 0.3) is 0 Å². The second kappa shape index (κ2) is 5.26. The Balaban J connectivity index is 1.79. The third kappa shape index (κ3) is 2.37. The van der Waals surface area contributed by atoms with Crippen molar-refractivity contribution in [2.75, 3.05) is 18.2 Å². The fraction of sp³-hybridized carbons (Fsp3) is 0.467. The predicted octanol–water partition coefficient (Wildman–Crippen LogP) is 2.09. The maximum Gasteiger partial charge on any atom is 0.248 e. The number of carbonyl (C=O) groups is 2. The van der Waals surface area contributed by atoms with Crippen molar-refractivity contribution in [3.63, 3.8) is 0 Å². The molecule has 1 aromatic rings. The summed E-state index contributed by atoms with van der Waals surface area (Å²) in [4.78, 5) is 26.1. The Hall–Kier alpha value is -1.69. The summed E-state index contributed by atoms with van der Waals surface area (Å²) in [5.41, 5.74) is 0.634. The third-order valence-corrected chi connectivity index (χ3v) is 5.62. The zero-order valence-electron chi connectivity index (χ0n) is 12.1. The van der Waals surface area contributed by atoms with Crippen molar-refractivity contribution in [1.29, 1.82) is 0 Å². The molecule has 21 heavy (non-hydrogen) atoms. The summed E-state index contributed by atoms with van der Waals surface area (Å²) in [7, 11) is 1.57. The monoisotopic (exact) mass is 306 g/mol. The van der Waals surface area contributed by atoms with Gasteiger partial charge in [-0.15, -0.1) is 11.8 Å². The number of ether oxygens (including phenoxy) is 1. The predicted molar refractivity (Wildman–Crippen MR) is 82.4 cm³/mol. The van der Waals surface area contributed by atoms with E-state index in [9.17, 15) is 9.59 Å². The highest BCUT2D eigenvalue weighted by Gasteiger charge is 2.52. The number of thioether (sulfide) groups is 1. The summed E-state index contributed by atoms with van der Waals surface area (Å²) in [5, 5.41) is 2.88.